The summed E-state index contributed by atoms with van der Waals surface area (Å²) in [5.74, 6) is 2.54. The zero-order valence-corrected chi connectivity index (χ0v) is 36.6. The molecule has 4 aromatic heterocycles. The molecule has 4 heterocycles. The van der Waals surface area contributed by atoms with Crippen LogP contribution in [0.15, 0.2) is 237 Å². The summed E-state index contributed by atoms with van der Waals surface area (Å²) in [6.45, 7) is 0. The van der Waals surface area contributed by atoms with Gasteiger partial charge in [-0.2, -0.15) is 0 Å². The molecule has 0 bridgehead atoms. The second kappa shape index (κ2) is 16.3. The van der Waals surface area contributed by atoms with Crippen LogP contribution in [0.1, 0.15) is 0 Å². The molecule has 7 heteroatoms. The van der Waals surface area contributed by atoms with Crippen molar-refractivity contribution in [2.75, 3.05) is 0 Å². The third-order valence-electron chi connectivity index (χ3n) is 12.9. The monoisotopic (exact) mass is 869 g/mol. The van der Waals surface area contributed by atoms with Gasteiger partial charge in [-0.1, -0.05) is 182 Å². The van der Waals surface area contributed by atoms with Crippen molar-refractivity contribution >= 4 is 43.6 Å². The Balaban J connectivity index is 0.878. The first kappa shape index (κ1) is 39.1. The SMILES string of the molecule is c1ccc(-c2cnc(-n3c4ccccc4c4ccc(-c5ccc(-n6c7ccccc7c7ccc(-c8cccc(-c9nc(-c%10ccccc%10)nc(-c%10ccccc%10)n9)c8)cc76)cc5)cc43)nc2)cc1. The van der Waals surface area contributed by atoms with Crippen LogP contribution in [0, 0.1) is 0 Å². The minimum absolute atomic E-state index is 0.626. The molecule has 7 nitrogen and oxygen atoms in total. The topological polar surface area (TPSA) is 74.3 Å². The van der Waals surface area contributed by atoms with Crippen molar-refractivity contribution in [3.63, 3.8) is 0 Å². The number of para-hydroxylation sites is 2. The minimum atomic E-state index is 0.626. The Morgan fingerprint density at radius 3 is 1.24 bits per heavy atom. The summed E-state index contributed by atoms with van der Waals surface area (Å²) in [6.07, 6.45) is 3.83. The lowest BCUT2D eigenvalue weighted by Gasteiger charge is -2.12. The van der Waals surface area contributed by atoms with Crippen LogP contribution in [-0.2, 0) is 0 Å². The molecule has 0 fully saturated rings. The Morgan fingerprint density at radius 1 is 0.250 bits per heavy atom. The Labute approximate surface area is 392 Å². The maximum absolute atomic E-state index is 5.02. The molecule has 318 valence electrons. The molecular formula is C61H39N7. The largest absolute Gasteiger partial charge is 0.309 e. The highest BCUT2D eigenvalue weighted by Crippen LogP contribution is 2.38. The van der Waals surface area contributed by atoms with Crippen molar-refractivity contribution in [3.05, 3.63) is 237 Å². The molecule has 0 spiro atoms. The van der Waals surface area contributed by atoms with E-state index in [1.165, 1.54) is 10.8 Å². The van der Waals surface area contributed by atoms with Gasteiger partial charge >= 0.3 is 0 Å². The molecule has 0 aliphatic rings. The lowest BCUT2D eigenvalue weighted by Crippen LogP contribution is -2.00. The number of fused-ring (bicyclic) bond motifs is 6. The standard InChI is InChI=1S/C61H39N7/c1-4-15-40(16-5-1)48-38-62-61(63-39-48)68-55-26-13-11-24-51(55)53-33-29-45(36-57(53)68)41-27-31-49(32-28-41)67-54-25-12-10-23-50(54)52-34-30-46(37-56(52)67)44-21-14-22-47(35-44)60-65-58(42-17-6-2-7-18-42)64-59(66-60)43-19-8-3-9-20-43/h1-39H. The number of benzene rings is 9. The normalized spacial score (nSPS) is 11.5. The Bertz CT molecular complexity index is 3930. The van der Waals surface area contributed by atoms with Crippen molar-refractivity contribution in [1.29, 1.82) is 0 Å². The van der Waals surface area contributed by atoms with Crippen LogP contribution < -0.4 is 0 Å². The van der Waals surface area contributed by atoms with E-state index in [2.05, 4.69) is 155 Å². The molecule has 0 unspecified atom stereocenters. The number of hydrogen-bond donors (Lipinski definition) is 0. The molecule has 68 heavy (non-hydrogen) atoms. The maximum Gasteiger partial charge on any atom is 0.234 e. The molecule has 9 aromatic carbocycles. The predicted octanol–water partition coefficient (Wildman–Crippen LogP) is 14.9. The predicted molar refractivity (Wildman–Crippen MR) is 277 cm³/mol. The smallest absolute Gasteiger partial charge is 0.234 e. The fourth-order valence-corrected chi connectivity index (χ4v) is 9.59. The van der Waals surface area contributed by atoms with Crippen molar-refractivity contribution in [3.8, 4) is 79.2 Å². The van der Waals surface area contributed by atoms with Gasteiger partial charge in [0.25, 0.3) is 0 Å². The summed E-state index contributed by atoms with van der Waals surface area (Å²) < 4.78 is 4.56. The van der Waals surface area contributed by atoms with Crippen molar-refractivity contribution in [2.45, 2.75) is 0 Å². The van der Waals surface area contributed by atoms with E-state index in [9.17, 15) is 0 Å². The fraction of sp³-hybridized carbons (Fsp3) is 0. The average Bonchev–Trinajstić information content (AvgIpc) is 3.94. The summed E-state index contributed by atoms with van der Waals surface area (Å²) >= 11 is 0. The van der Waals surface area contributed by atoms with E-state index in [1.54, 1.807) is 0 Å². The van der Waals surface area contributed by atoms with Crippen LogP contribution in [0.3, 0.4) is 0 Å². The van der Waals surface area contributed by atoms with Gasteiger partial charge in [-0.25, -0.2) is 24.9 Å². The van der Waals surface area contributed by atoms with Crippen LogP contribution >= 0.6 is 0 Å². The van der Waals surface area contributed by atoms with E-state index in [4.69, 9.17) is 24.9 Å². The molecule has 0 N–H and O–H groups in total. The fourth-order valence-electron chi connectivity index (χ4n) is 9.59. The zero-order valence-electron chi connectivity index (χ0n) is 36.6. The molecule has 13 rings (SSSR count). The van der Waals surface area contributed by atoms with Gasteiger partial charge in [-0.15, -0.1) is 0 Å². The van der Waals surface area contributed by atoms with Crippen LogP contribution in [0.5, 0.6) is 0 Å². The summed E-state index contributed by atoms with van der Waals surface area (Å²) in [6, 6.07) is 78.5. The first-order chi connectivity index (χ1) is 33.7. The third kappa shape index (κ3) is 6.80. The van der Waals surface area contributed by atoms with Gasteiger partial charge in [-0.3, -0.25) is 4.57 Å². The molecule has 0 saturated carbocycles. The second-order valence-electron chi connectivity index (χ2n) is 17.0. The average molecular weight is 870 g/mol. The van der Waals surface area contributed by atoms with E-state index >= 15 is 0 Å². The van der Waals surface area contributed by atoms with E-state index in [1.807, 2.05) is 91.3 Å². The molecule has 0 aliphatic heterocycles. The zero-order chi connectivity index (χ0) is 45.0. The quantitative estimate of drug-likeness (QED) is 0.152. The first-order valence-electron chi connectivity index (χ1n) is 22.7. The first-order valence-corrected chi connectivity index (χ1v) is 22.7. The molecular weight excluding hydrogens is 831 g/mol. The van der Waals surface area contributed by atoms with E-state index in [0.717, 1.165) is 88.6 Å². The Morgan fingerprint density at radius 2 is 0.647 bits per heavy atom. The Hall–Kier alpha value is -9.33. The van der Waals surface area contributed by atoms with Gasteiger partial charge in [0.1, 0.15) is 0 Å². The lowest BCUT2D eigenvalue weighted by molar-refractivity contribution is 0.990. The number of hydrogen-bond acceptors (Lipinski definition) is 5. The second-order valence-corrected chi connectivity index (χ2v) is 17.0. The molecule has 0 aliphatic carbocycles. The van der Waals surface area contributed by atoms with Gasteiger partial charge in [-0.05, 0) is 70.3 Å². The highest BCUT2D eigenvalue weighted by molar-refractivity contribution is 6.11. The molecule has 0 saturated heterocycles. The maximum atomic E-state index is 5.02. The van der Waals surface area contributed by atoms with E-state index in [0.29, 0.717) is 23.4 Å². The summed E-state index contributed by atoms with van der Waals surface area (Å²) in [5, 5.41) is 4.72. The lowest BCUT2D eigenvalue weighted by atomic mass is 10.0. The third-order valence-corrected chi connectivity index (χ3v) is 12.9. The van der Waals surface area contributed by atoms with Gasteiger partial charge < -0.3 is 4.57 Å². The van der Waals surface area contributed by atoms with Crippen LogP contribution in [0.2, 0.25) is 0 Å². The van der Waals surface area contributed by atoms with Gasteiger partial charge in [0.2, 0.25) is 5.95 Å². The molecule has 0 atom stereocenters. The Kier molecular flexibility index (Phi) is 9.35. The number of nitrogens with zero attached hydrogens (tertiary/aromatic N) is 7. The highest BCUT2D eigenvalue weighted by Gasteiger charge is 2.18. The van der Waals surface area contributed by atoms with Crippen LogP contribution in [-0.4, -0.2) is 34.1 Å². The van der Waals surface area contributed by atoms with Gasteiger partial charge in [0, 0.05) is 61.9 Å². The van der Waals surface area contributed by atoms with Gasteiger partial charge in [0.05, 0.1) is 22.1 Å². The minimum Gasteiger partial charge on any atom is -0.309 e. The van der Waals surface area contributed by atoms with Crippen molar-refractivity contribution in [1.82, 2.24) is 34.1 Å². The van der Waals surface area contributed by atoms with Crippen LogP contribution in [0.4, 0.5) is 0 Å². The summed E-state index contributed by atoms with van der Waals surface area (Å²) in [7, 11) is 0. The summed E-state index contributed by atoms with van der Waals surface area (Å²) in [5.41, 5.74) is 14.8. The summed E-state index contributed by atoms with van der Waals surface area (Å²) in [4.78, 5) is 24.8. The van der Waals surface area contributed by atoms with Crippen LogP contribution in [0.25, 0.3) is 123 Å². The number of aromatic nitrogens is 7. The van der Waals surface area contributed by atoms with E-state index < -0.39 is 0 Å². The number of rotatable bonds is 8. The van der Waals surface area contributed by atoms with E-state index in [-0.39, 0.29) is 0 Å². The van der Waals surface area contributed by atoms with Crippen molar-refractivity contribution < 1.29 is 0 Å². The molecule has 13 aromatic rings. The molecule has 0 amide bonds. The van der Waals surface area contributed by atoms with Gasteiger partial charge in [0.15, 0.2) is 17.5 Å². The highest BCUT2D eigenvalue weighted by atomic mass is 15.1. The van der Waals surface area contributed by atoms with Crippen molar-refractivity contribution in [2.24, 2.45) is 0 Å². The molecule has 0 radical (unpaired) electrons.